The summed E-state index contributed by atoms with van der Waals surface area (Å²) in [6.07, 6.45) is 1.87. The minimum atomic E-state index is -1.22. The minimum Gasteiger partial charge on any atom is -0.347 e. The highest BCUT2D eigenvalue weighted by atomic mass is 19.2. The van der Waals surface area contributed by atoms with Gasteiger partial charge in [0.05, 0.1) is 28.2 Å². The fraction of sp³-hybridized carbons (Fsp3) is 0.273. The SMILES string of the molecule is Cc1c(C2(C(=O)N[C@H](C)c3ncc(C#N)cc3F)CC2)c(=O)[nH]c2ccc(F)c(F)c12. The van der Waals surface area contributed by atoms with Crippen molar-refractivity contribution in [2.45, 2.75) is 38.1 Å². The maximum absolute atomic E-state index is 14.4. The first kappa shape index (κ1) is 20.6. The fourth-order valence-electron chi connectivity index (χ4n) is 4.02. The monoisotopic (exact) mass is 426 g/mol. The van der Waals surface area contributed by atoms with Crippen LogP contribution < -0.4 is 10.9 Å². The van der Waals surface area contributed by atoms with Crippen LogP contribution in [0.5, 0.6) is 0 Å². The molecule has 1 aromatic carbocycles. The highest BCUT2D eigenvalue weighted by Crippen LogP contribution is 2.49. The van der Waals surface area contributed by atoms with E-state index in [-0.39, 0.29) is 33.3 Å². The van der Waals surface area contributed by atoms with Gasteiger partial charge in [-0.1, -0.05) is 0 Å². The van der Waals surface area contributed by atoms with E-state index in [4.69, 9.17) is 5.26 Å². The molecule has 2 heterocycles. The number of nitriles is 1. The number of carbonyl (C=O) groups excluding carboxylic acids is 1. The van der Waals surface area contributed by atoms with Crippen molar-refractivity contribution < 1.29 is 18.0 Å². The molecule has 0 radical (unpaired) electrons. The van der Waals surface area contributed by atoms with Crippen LogP contribution in [-0.2, 0) is 10.2 Å². The lowest BCUT2D eigenvalue weighted by atomic mass is 9.89. The van der Waals surface area contributed by atoms with Gasteiger partial charge in [-0.3, -0.25) is 14.6 Å². The second-order valence-corrected chi connectivity index (χ2v) is 7.72. The summed E-state index contributed by atoms with van der Waals surface area (Å²) in [4.78, 5) is 32.3. The average Bonchev–Trinajstić information content (AvgIpc) is 3.52. The molecule has 0 bridgehead atoms. The van der Waals surface area contributed by atoms with E-state index in [1.165, 1.54) is 26.1 Å². The summed E-state index contributed by atoms with van der Waals surface area (Å²) >= 11 is 0. The molecule has 3 aromatic rings. The van der Waals surface area contributed by atoms with Crippen LogP contribution >= 0.6 is 0 Å². The van der Waals surface area contributed by atoms with Gasteiger partial charge in [0, 0.05) is 17.1 Å². The molecule has 0 aliphatic heterocycles. The highest BCUT2D eigenvalue weighted by Gasteiger charge is 2.54. The van der Waals surface area contributed by atoms with Crippen molar-refractivity contribution in [2.24, 2.45) is 0 Å². The molecule has 0 saturated heterocycles. The number of H-pyrrole nitrogens is 1. The van der Waals surface area contributed by atoms with Crippen LogP contribution in [0.3, 0.4) is 0 Å². The van der Waals surface area contributed by atoms with Gasteiger partial charge in [0.2, 0.25) is 5.91 Å². The van der Waals surface area contributed by atoms with Gasteiger partial charge in [-0.15, -0.1) is 0 Å². The van der Waals surface area contributed by atoms with E-state index < -0.39 is 40.4 Å². The van der Waals surface area contributed by atoms with Crippen molar-refractivity contribution in [3.63, 3.8) is 0 Å². The van der Waals surface area contributed by atoms with Gasteiger partial charge in [0.1, 0.15) is 11.9 Å². The summed E-state index contributed by atoms with van der Waals surface area (Å²) in [5.74, 6) is -3.43. The molecular weight excluding hydrogens is 409 g/mol. The third-order valence-corrected chi connectivity index (χ3v) is 5.74. The van der Waals surface area contributed by atoms with Gasteiger partial charge in [0.25, 0.3) is 5.56 Å². The molecule has 0 unspecified atom stereocenters. The Morgan fingerprint density at radius 3 is 2.61 bits per heavy atom. The van der Waals surface area contributed by atoms with Crippen molar-refractivity contribution >= 4 is 16.8 Å². The number of fused-ring (bicyclic) bond motifs is 1. The molecule has 1 aliphatic rings. The zero-order chi connectivity index (χ0) is 22.5. The lowest BCUT2D eigenvalue weighted by Gasteiger charge is -2.21. The first-order chi connectivity index (χ1) is 14.7. The van der Waals surface area contributed by atoms with Crippen LogP contribution in [0.2, 0.25) is 0 Å². The van der Waals surface area contributed by atoms with Crippen LogP contribution in [0, 0.1) is 35.7 Å². The van der Waals surface area contributed by atoms with E-state index in [1.807, 2.05) is 0 Å². The predicted octanol–water partition coefficient (Wildman–Crippen LogP) is 3.43. The minimum absolute atomic E-state index is 0.0472. The highest BCUT2D eigenvalue weighted by molar-refractivity contribution is 5.94. The molecule has 31 heavy (non-hydrogen) atoms. The summed E-state index contributed by atoms with van der Waals surface area (Å²) < 4.78 is 42.5. The van der Waals surface area contributed by atoms with Gasteiger partial charge < -0.3 is 10.3 Å². The Balaban J connectivity index is 1.72. The average molecular weight is 426 g/mol. The summed E-state index contributed by atoms with van der Waals surface area (Å²) in [7, 11) is 0. The van der Waals surface area contributed by atoms with E-state index in [2.05, 4.69) is 15.3 Å². The summed E-state index contributed by atoms with van der Waals surface area (Å²) in [5.41, 5.74) is -1.38. The summed E-state index contributed by atoms with van der Waals surface area (Å²) in [6, 6.07) is 4.16. The van der Waals surface area contributed by atoms with Gasteiger partial charge in [-0.05, 0) is 50.5 Å². The molecule has 0 spiro atoms. The lowest BCUT2D eigenvalue weighted by molar-refractivity contribution is -0.124. The molecule has 158 valence electrons. The Bertz CT molecular complexity index is 1340. The Labute approximate surface area is 174 Å². The number of aryl methyl sites for hydroxylation is 1. The number of hydrogen-bond donors (Lipinski definition) is 2. The molecule has 2 N–H and O–H groups in total. The lowest BCUT2D eigenvalue weighted by Crippen LogP contribution is -2.40. The molecule has 6 nitrogen and oxygen atoms in total. The van der Waals surface area contributed by atoms with Crippen molar-refractivity contribution in [2.75, 3.05) is 0 Å². The molecule has 1 fully saturated rings. The quantitative estimate of drug-likeness (QED) is 0.668. The number of amides is 1. The summed E-state index contributed by atoms with van der Waals surface area (Å²) in [5, 5.41) is 11.4. The number of benzene rings is 1. The van der Waals surface area contributed by atoms with E-state index in [0.29, 0.717) is 12.8 Å². The van der Waals surface area contributed by atoms with E-state index in [1.54, 1.807) is 6.07 Å². The first-order valence-corrected chi connectivity index (χ1v) is 9.57. The van der Waals surface area contributed by atoms with Crippen molar-refractivity contribution in [3.8, 4) is 6.07 Å². The first-order valence-electron chi connectivity index (χ1n) is 9.57. The standard InChI is InChI=1S/C22H17F3N4O2/c1-10-16-15(4-3-13(23)18(16)25)29-20(30)17(10)22(5-6-22)21(31)28-11(2)19-14(24)7-12(8-26)9-27-19/h3-4,7,9,11H,5-6H2,1-2H3,(H,28,31)(H,29,30)/t11-/m1/s1. The van der Waals surface area contributed by atoms with Gasteiger partial charge in [0.15, 0.2) is 11.6 Å². The Hall–Kier alpha value is -3.67. The maximum atomic E-state index is 14.4. The second kappa shape index (κ2) is 7.23. The predicted molar refractivity (Wildman–Crippen MR) is 106 cm³/mol. The Kier molecular flexibility index (Phi) is 4.81. The van der Waals surface area contributed by atoms with E-state index in [9.17, 15) is 22.8 Å². The van der Waals surface area contributed by atoms with Crippen LogP contribution in [-0.4, -0.2) is 15.9 Å². The molecule has 1 atom stereocenters. The molecule has 4 rings (SSSR count). The van der Waals surface area contributed by atoms with Crippen molar-refractivity contribution in [1.29, 1.82) is 5.26 Å². The number of halogens is 3. The third kappa shape index (κ3) is 3.24. The van der Waals surface area contributed by atoms with Crippen LogP contribution in [0.15, 0.2) is 29.2 Å². The number of nitrogens with zero attached hydrogens (tertiary/aromatic N) is 2. The number of carbonyl (C=O) groups is 1. The van der Waals surface area contributed by atoms with Crippen LogP contribution in [0.1, 0.15) is 48.2 Å². The molecule has 1 amide bonds. The van der Waals surface area contributed by atoms with E-state index in [0.717, 1.165) is 12.1 Å². The number of aromatic amines is 1. The number of aromatic nitrogens is 2. The van der Waals surface area contributed by atoms with Crippen LogP contribution in [0.25, 0.3) is 10.9 Å². The number of rotatable bonds is 4. The molecular formula is C22H17F3N4O2. The number of pyridine rings is 2. The fourth-order valence-corrected chi connectivity index (χ4v) is 4.02. The van der Waals surface area contributed by atoms with E-state index >= 15 is 0 Å². The van der Waals surface area contributed by atoms with Gasteiger partial charge >= 0.3 is 0 Å². The molecule has 2 aromatic heterocycles. The van der Waals surface area contributed by atoms with Crippen molar-refractivity contribution in [3.05, 3.63) is 74.6 Å². The zero-order valence-corrected chi connectivity index (χ0v) is 16.6. The summed E-state index contributed by atoms with van der Waals surface area (Å²) in [6.45, 7) is 3.01. The van der Waals surface area contributed by atoms with Gasteiger partial charge in [-0.25, -0.2) is 13.2 Å². The topological polar surface area (TPSA) is 98.6 Å². The number of hydrogen-bond acceptors (Lipinski definition) is 4. The molecule has 1 aliphatic carbocycles. The Morgan fingerprint density at radius 1 is 1.29 bits per heavy atom. The second-order valence-electron chi connectivity index (χ2n) is 7.72. The number of nitrogens with one attached hydrogen (secondary N) is 2. The zero-order valence-electron chi connectivity index (χ0n) is 16.6. The molecule has 1 saturated carbocycles. The largest absolute Gasteiger partial charge is 0.347 e. The van der Waals surface area contributed by atoms with Gasteiger partial charge in [-0.2, -0.15) is 5.26 Å². The smallest absolute Gasteiger partial charge is 0.252 e. The van der Waals surface area contributed by atoms with Crippen LogP contribution in [0.4, 0.5) is 13.2 Å². The maximum Gasteiger partial charge on any atom is 0.252 e. The van der Waals surface area contributed by atoms with Crippen molar-refractivity contribution in [1.82, 2.24) is 15.3 Å². The Morgan fingerprint density at radius 2 is 2.00 bits per heavy atom. The third-order valence-electron chi connectivity index (χ3n) is 5.74. The normalized spacial score (nSPS) is 15.4. The molecule has 9 heteroatoms.